The SMILES string of the molecule is CCc1c(-c2ccccc2)on(CC(CN2CCOCC2)OC(=O)OC)c1=O. The molecule has 1 aliphatic rings. The van der Waals surface area contributed by atoms with E-state index in [-0.39, 0.29) is 12.1 Å². The maximum atomic E-state index is 12.8. The summed E-state index contributed by atoms with van der Waals surface area (Å²) in [5, 5.41) is 0. The summed E-state index contributed by atoms with van der Waals surface area (Å²) in [7, 11) is 1.26. The van der Waals surface area contributed by atoms with E-state index in [9.17, 15) is 9.59 Å². The van der Waals surface area contributed by atoms with Crippen LogP contribution in [-0.4, -0.2) is 61.9 Å². The first kappa shape index (κ1) is 20.2. The van der Waals surface area contributed by atoms with Crippen molar-refractivity contribution in [1.82, 2.24) is 9.64 Å². The summed E-state index contributed by atoms with van der Waals surface area (Å²) in [6.45, 7) is 5.23. The summed E-state index contributed by atoms with van der Waals surface area (Å²) in [5.41, 5.74) is 1.24. The molecule has 1 aromatic heterocycles. The number of hydrogen-bond donors (Lipinski definition) is 0. The van der Waals surface area contributed by atoms with Crippen LogP contribution in [0.1, 0.15) is 12.5 Å². The molecule has 1 saturated heterocycles. The number of hydrogen-bond acceptors (Lipinski definition) is 7. The summed E-state index contributed by atoms with van der Waals surface area (Å²) in [4.78, 5) is 26.7. The van der Waals surface area contributed by atoms with Gasteiger partial charge in [-0.1, -0.05) is 37.3 Å². The van der Waals surface area contributed by atoms with Crippen molar-refractivity contribution in [2.24, 2.45) is 0 Å². The molecular formula is C20H26N2O6. The minimum atomic E-state index is -0.781. The molecule has 3 rings (SSSR count). The molecule has 0 saturated carbocycles. The van der Waals surface area contributed by atoms with E-state index < -0.39 is 12.3 Å². The summed E-state index contributed by atoms with van der Waals surface area (Å²) < 4.78 is 22.5. The Morgan fingerprint density at radius 3 is 2.54 bits per heavy atom. The highest BCUT2D eigenvalue weighted by Crippen LogP contribution is 2.22. The Balaban J connectivity index is 1.83. The predicted octanol–water partition coefficient (Wildman–Crippen LogP) is 2.15. The van der Waals surface area contributed by atoms with Gasteiger partial charge in [-0.15, -0.1) is 0 Å². The Bertz CT molecular complexity index is 823. The summed E-state index contributed by atoms with van der Waals surface area (Å²) in [5.74, 6) is 0.552. The van der Waals surface area contributed by atoms with Crippen molar-refractivity contribution in [1.29, 1.82) is 0 Å². The lowest BCUT2D eigenvalue weighted by atomic mass is 10.1. The molecule has 2 heterocycles. The van der Waals surface area contributed by atoms with Crippen LogP contribution in [0.25, 0.3) is 11.3 Å². The number of aromatic nitrogens is 1. The van der Waals surface area contributed by atoms with Crippen LogP contribution in [0.5, 0.6) is 0 Å². The van der Waals surface area contributed by atoms with E-state index in [4.69, 9.17) is 14.0 Å². The predicted molar refractivity (Wildman–Crippen MR) is 102 cm³/mol. The lowest BCUT2D eigenvalue weighted by molar-refractivity contribution is -0.0183. The highest BCUT2D eigenvalue weighted by molar-refractivity contribution is 5.60. The molecule has 1 aliphatic heterocycles. The molecule has 0 N–H and O–H groups in total. The number of carbonyl (C=O) groups excluding carboxylic acids is 1. The molecule has 8 heteroatoms. The van der Waals surface area contributed by atoms with Crippen molar-refractivity contribution < 1.29 is 23.5 Å². The van der Waals surface area contributed by atoms with Gasteiger partial charge in [0.15, 0.2) is 5.76 Å². The van der Waals surface area contributed by atoms with Crippen molar-refractivity contribution in [2.75, 3.05) is 40.0 Å². The monoisotopic (exact) mass is 390 g/mol. The molecule has 8 nitrogen and oxygen atoms in total. The quantitative estimate of drug-likeness (QED) is 0.670. The molecule has 1 unspecified atom stereocenters. The second kappa shape index (κ2) is 9.57. The zero-order chi connectivity index (χ0) is 19.9. The van der Waals surface area contributed by atoms with Crippen LogP contribution in [-0.2, 0) is 27.2 Å². The van der Waals surface area contributed by atoms with Crippen molar-refractivity contribution >= 4 is 6.16 Å². The maximum Gasteiger partial charge on any atom is 0.508 e. The van der Waals surface area contributed by atoms with Crippen molar-refractivity contribution in [3.05, 3.63) is 46.2 Å². The van der Waals surface area contributed by atoms with E-state index in [1.807, 2.05) is 37.3 Å². The van der Waals surface area contributed by atoms with Gasteiger partial charge in [0.2, 0.25) is 0 Å². The van der Waals surface area contributed by atoms with Gasteiger partial charge in [-0.05, 0) is 6.42 Å². The van der Waals surface area contributed by atoms with Crippen LogP contribution in [0.2, 0.25) is 0 Å². The summed E-state index contributed by atoms with van der Waals surface area (Å²) in [6.07, 6.45) is -0.814. The molecule has 0 aliphatic carbocycles. The molecule has 1 aromatic carbocycles. The number of nitrogens with zero attached hydrogens (tertiary/aromatic N) is 2. The molecule has 0 radical (unpaired) electrons. The molecular weight excluding hydrogens is 364 g/mol. The smallest absolute Gasteiger partial charge is 0.438 e. The average Bonchev–Trinajstić information content (AvgIpc) is 3.04. The number of rotatable bonds is 7. The Kier molecular flexibility index (Phi) is 6.89. The Hall–Kier alpha value is -2.58. The normalized spacial score (nSPS) is 15.9. The topological polar surface area (TPSA) is 83.1 Å². The fourth-order valence-electron chi connectivity index (χ4n) is 3.28. The zero-order valence-electron chi connectivity index (χ0n) is 16.3. The third-order valence-corrected chi connectivity index (χ3v) is 4.71. The van der Waals surface area contributed by atoms with Gasteiger partial charge in [-0.25, -0.2) is 4.79 Å². The summed E-state index contributed by atoms with van der Waals surface area (Å²) in [6, 6.07) is 9.50. The molecule has 1 fully saturated rings. The Morgan fingerprint density at radius 1 is 1.18 bits per heavy atom. The minimum absolute atomic E-state index is 0.116. The molecule has 28 heavy (non-hydrogen) atoms. The van der Waals surface area contributed by atoms with Gasteiger partial charge in [-0.2, -0.15) is 4.74 Å². The fraction of sp³-hybridized carbons (Fsp3) is 0.500. The van der Waals surface area contributed by atoms with E-state index in [2.05, 4.69) is 9.64 Å². The van der Waals surface area contributed by atoms with E-state index in [1.165, 1.54) is 11.8 Å². The molecule has 152 valence electrons. The lowest BCUT2D eigenvalue weighted by Crippen LogP contribution is -2.44. The lowest BCUT2D eigenvalue weighted by Gasteiger charge is -2.29. The highest BCUT2D eigenvalue weighted by Gasteiger charge is 2.25. The van der Waals surface area contributed by atoms with Crippen LogP contribution in [0, 0.1) is 0 Å². The van der Waals surface area contributed by atoms with Gasteiger partial charge < -0.3 is 18.7 Å². The van der Waals surface area contributed by atoms with Crippen LogP contribution in [0.3, 0.4) is 0 Å². The number of methoxy groups -OCH3 is 1. The van der Waals surface area contributed by atoms with Gasteiger partial charge >= 0.3 is 6.16 Å². The third kappa shape index (κ3) is 4.82. The molecule has 2 aromatic rings. The van der Waals surface area contributed by atoms with Crippen molar-refractivity contribution in [3.63, 3.8) is 0 Å². The minimum Gasteiger partial charge on any atom is -0.438 e. The van der Waals surface area contributed by atoms with Crippen LogP contribution in [0.4, 0.5) is 4.79 Å². The van der Waals surface area contributed by atoms with Crippen LogP contribution < -0.4 is 5.56 Å². The van der Waals surface area contributed by atoms with Gasteiger partial charge in [0, 0.05) is 25.2 Å². The first-order valence-electron chi connectivity index (χ1n) is 9.45. The Morgan fingerprint density at radius 2 is 1.89 bits per heavy atom. The van der Waals surface area contributed by atoms with Gasteiger partial charge in [0.1, 0.15) is 6.10 Å². The second-order valence-electron chi connectivity index (χ2n) is 6.59. The van der Waals surface area contributed by atoms with Crippen molar-refractivity contribution in [3.8, 4) is 11.3 Å². The fourth-order valence-corrected chi connectivity index (χ4v) is 3.28. The average molecular weight is 390 g/mol. The largest absolute Gasteiger partial charge is 0.508 e. The second-order valence-corrected chi connectivity index (χ2v) is 6.59. The van der Waals surface area contributed by atoms with Crippen LogP contribution in [0.15, 0.2) is 39.6 Å². The number of carbonyl (C=O) groups is 1. The number of morpholine rings is 1. The van der Waals surface area contributed by atoms with Crippen molar-refractivity contribution in [2.45, 2.75) is 26.0 Å². The van der Waals surface area contributed by atoms with E-state index in [1.54, 1.807) is 0 Å². The first-order valence-corrected chi connectivity index (χ1v) is 9.45. The highest BCUT2D eigenvalue weighted by atomic mass is 16.7. The standard InChI is InChI=1S/C20H26N2O6/c1-3-17-18(15-7-5-4-6-8-15)28-22(19(17)23)14-16(27-20(24)25-2)13-21-9-11-26-12-10-21/h4-8,16H,3,9-14H2,1-2H3. The zero-order valence-corrected chi connectivity index (χ0v) is 16.3. The molecule has 0 amide bonds. The maximum absolute atomic E-state index is 12.8. The van der Waals surface area contributed by atoms with Gasteiger partial charge in [0.05, 0.1) is 32.4 Å². The third-order valence-electron chi connectivity index (χ3n) is 4.71. The number of ether oxygens (including phenoxy) is 3. The van der Waals surface area contributed by atoms with Crippen LogP contribution >= 0.6 is 0 Å². The number of benzene rings is 1. The van der Waals surface area contributed by atoms with E-state index in [0.717, 1.165) is 18.7 Å². The van der Waals surface area contributed by atoms with Gasteiger partial charge in [0.25, 0.3) is 5.56 Å². The van der Waals surface area contributed by atoms with Gasteiger partial charge in [-0.3, -0.25) is 9.69 Å². The summed E-state index contributed by atoms with van der Waals surface area (Å²) >= 11 is 0. The molecule has 0 spiro atoms. The van der Waals surface area contributed by atoms with E-state index in [0.29, 0.717) is 37.5 Å². The first-order chi connectivity index (χ1) is 13.6. The van der Waals surface area contributed by atoms with E-state index >= 15 is 0 Å². The molecule has 1 atom stereocenters. The Labute approximate surface area is 163 Å². The molecule has 0 bridgehead atoms.